The quantitative estimate of drug-likeness (QED) is 0.639. The third-order valence-corrected chi connectivity index (χ3v) is 1.34. The van der Waals surface area contributed by atoms with Crippen molar-refractivity contribution >= 4 is 17.3 Å². The molecule has 4 heteroatoms. The lowest BCUT2D eigenvalue weighted by atomic mass is 10.3. The number of nitrogens with zero attached hydrogens (tertiary/aromatic N) is 2. The van der Waals surface area contributed by atoms with Gasteiger partial charge in [-0.1, -0.05) is 12.7 Å². The molecule has 1 N–H and O–H groups in total. The molecule has 0 bridgehead atoms. The first-order valence-electron chi connectivity index (χ1n) is 2.83. The summed E-state index contributed by atoms with van der Waals surface area (Å²) in [7, 11) is 0. The van der Waals surface area contributed by atoms with Crippen LogP contribution in [0.15, 0.2) is 17.3 Å². The molecule has 2 aromatic rings. The molecule has 0 saturated heterocycles. The third-order valence-electron chi connectivity index (χ3n) is 1.34. The molecule has 0 unspecified atom stereocenters. The monoisotopic (exact) mass is 135 g/mol. The Labute approximate surface area is 56.5 Å². The molecule has 0 fully saturated rings. The van der Waals surface area contributed by atoms with Crippen molar-refractivity contribution in [3.63, 3.8) is 0 Å². The Morgan fingerprint density at radius 2 is 2.60 bits per heavy atom. The summed E-state index contributed by atoms with van der Waals surface area (Å²) < 4.78 is 4.74. The molecule has 0 aromatic carbocycles. The van der Waals surface area contributed by atoms with E-state index in [2.05, 4.69) is 21.9 Å². The van der Waals surface area contributed by atoms with Crippen LogP contribution in [0.25, 0.3) is 17.3 Å². The van der Waals surface area contributed by atoms with Crippen LogP contribution < -0.4 is 0 Å². The Bertz CT molecular complexity index is 360. The molecular formula is C6H5N3O. The van der Waals surface area contributed by atoms with Crippen LogP contribution >= 0.6 is 0 Å². The SMILES string of the molecule is C=Cc1c[nH]c2onnc12. The molecule has 2 heterocycles. The van der Waals surface area contributed by atoms with E-state index in [1.807, 2.05) is 0 Å². The van der Waals surface area contributed by atoms with E-state index in [-0.39, 0.29) is 0 Å². The molecule has 2 aromatic heterocycles. The third kappa shape index (κ3) is 0.500. The van der Waals surface area contributed by atoms with Crippen molar-refractivity contribution in [2.24, 2.45) is 0 Å². The summed E-state index contributed by atoms with van der Waals surface area (Å²) in [5.41, 5.74) is 2.24. The van der Waals surface area contributed by atoms with Gasteiger partial charge in [-0.25, -0.2) is 0 Å². The Morgan fingerprint density at radius 3 is 3.40 bits per heavy atom. The van der Waals surface area contributed by atoms with Crippen LogP contribution in [0.4, 0.5) is 0 Å². The summed E-state index contributed by atoms with van der Waals surface area (Å²) in [5.74, 6) is 0. The Balaban J connectivity index is 2.88. The highest BCUT2D eigenvalue weighted by Gasteiger charge is 2.04. The maximum absolute atomic E-state index is 4.74. The van der Waals surface area contributed by atoms with E-state index in [0.717, 1.165) is 11.1 Å². The summed E-state index contributed by atoms with van der Waals surface area (Å²) in [6.07, 6.45) is 3.47. The van der Waals surface area contributed by atoms with Crippen LogP contribution in [-0.4, -0.2) is 15.4 Å². The number of rotatable bonds is 1. The first-order valence-corrected chi connectivity index (χ1v) is 2.83. The zero-order valence-corrected chi connectivity index (χ0v) is 5.16. The van der Waals surface area contributed by atoms with E-state index >= 15 is 0 Å². The van der Waals surface area contributed by atoms with Gasteiger partial charge in [0.2, 0.25) is 0 Å². The second kappa shape index (κ2) is 1.70. The summed E-state index contributed by atoms with van der Waals surface area (Å²) in [6, 6.07) is 0. The van der Waals surface area contributed by atoms with Crippen molar-refractivity contribution in [1.29, 1.82) is 0 Å². The highest BCUT2D eigenvalue weighted by molar-refractivity contribution is 5.80. The van der Waals surface area contributed by atoms with Crippen molar-refractivity contribution in [1.82, 2.24) is 15.4 Å². The first-order chi connectivity index (χ1) is 4.92. The van der Waals surface area contributed by atoms with Crippen LogP contribution in [0.2, 0.25) is 0 Å². The van der Waals surface area contributed by atoms with Crippen LogP contribution in [0, 0.1) is 0 Å². The largest absolute Gasteiger partial charge is 0.328 e. The van der Waals surface area contributed by atoms with Gasteiger partial charge in [0.1, 0.15) is 0 Å². The lowest BCUT2D eigenvalue weighted by molar-refractivity contribution is 0.417. The van der Waals surface area contributed by atoms with E-state index in [1.54, 1.807) is 12.3 Å². The predicted molar refractivity (Wildman–Crippen MR) is 36.2 cm³/mol. The fraction of sp³-hybridized carbons (Fsp3) is 0. The van der Waals surface area contributed by atoms with Crippen LogP contribution in [0.5, 0.6) is 0 Å². The summed E-state index contributed by atoms with van der Waals surface area (Å²) in [5, 5.41) is 7.10. The Kier molecular flexibility index (Phi) is 0.887. The van der Waals surface area contributed by atoms with Gasteiger partial charge in [0.25, 0.3) is 5.71 Å². The van der Waals surface area contributed by atoms with Gasteiger partial charge in [-0.2, -0.15) is 0 Å². The molecule has 0 aliphatic rings. The van der Waals surface area contributed by atoms with E-state index in [1.165, 1.54) is 0 Å². The standard InChI is InChI=1S/C6H5N3O/c1-2-4-3-7-6-5(4)8-9-10-6/h2-3,7H,1H2. The van der Waals surface area contributed by atoms with E-state index in [4.69, 9.17) is 4.52 Å². The van der Waals surface area contributed by atoms with Gasteiger partial charge in [0.15, 0.2) is 5.52 Å². The topological polar surface area (TPSA) is 54.7 Å². The minimum Gasteiger partial charge on any atom is -0.328 e. The second-order valence-electron chi connectivity index (χ2n) is 1.90. The number of hydrogen-bond donors (Lipinski definition) is 1. The molecule has 4 nitrogen and oxygen atoms in total. The minimum atomic E-state index is 0.592. The fourth-order valence-corrected chi connectivity index (χ4v) is 0.842. The average Bonchev–Trinajstić information content (AvgIpc) is 2.44. The second-order valence-corrected chi connectivity index (χ2v) is 1.90. The van der Waals surface area contributed by atoms with Crippen LogP contribution in [0.3, 0.4) is 0 Å². The molecule has 0 aliphatic heterocycles. The fourth-order valence-electron chi connectivity index (χ4n) is 0.842. The number of nitrogens with one attached hydrogen (secondary N) is 1. The maximum Gasteiger partial charge on any atom is 0.257 e. The zero-order valence-electron chi connectivity index (χ0n) is 5.16. The summed E-state index contributed by atoms with van der Waals surface area (Å²) in [4.78, 5) is 2.86. The van der Waals surface area contributed by atoms with Crippen molar-refractivity contribution in [2.75, 3.05) is 0 Å². The van der Waals surface area contributed by atoms with Gasteiger partial charge in [-0.3, -0.25) is 0 Å². The first kappa shape index (κ1) is 5.22. The smallest absolute Gasteiger partial charge is 0.257 e. The zero-order chi connectivity index (χ0) is 6.97. The van der Waals surface area contributed by atoms with Gasteiger partial charge >= 0.3 is 0 Å². The van der Waals surface area contributed by atoms with Gasteiger partial charge < -0.3 is 9.51 Å². The summed E-state index contributed by atoms with van der Waals surface area (Å²) in [6.45, 7) is 3.60. The Hall–Kier alpha value is -1.58. The van der Waals surface area contributed by atoms with Gasteiger partial charge in [0.05, 0.1) is 0 Å². The summed E-state index contributed by atoms with van der Waals surface area (Å²) >= 11 is 0. The molecule has 0 spiro atoms. The molecule has 0 amide bonds. The predicted octanol–water partition coefficient (Wildman–Crippen LogP) is 1.19. The van der Waals surface area contributed by atoms with Crippen molar-refractivity contribution in [3.8, 4) is 0 Å². The van der Waals surface area contributed by atoms with E-state index in [0.29, 0.717) is 5.71 Å². The highest BCUT2D eigenvalue weighted by atomic mass is 16.5. The lowest BCUT2D eigenvalue weighted by Crippen LogP contribution is -1.67. The van der Waals surface area contributed by atoms with Gasteiger partial charge in [0, 0.05) is 17.0 Å². The molecule has 0 radical (unpaired) electrons. The van der Waals surface area contributed by atoms with Crippen LogP contribution in [-0.2, 0) is 0 Å². The number of H-pyrrole nitrogens is 1. The van der Waals surface area contributed by atoms with Crippen LogP contribution in [0.1, 0.15) is 5.56 Å². The number of fused-ring (bicyclic) bond motifs is 1. The van der Waals surface area contributed by atoms with Crippen molar-refractivity contribution in [3.05, 3.63) is 18.3 Å². The van der Waals surface area contributed by atoms with Crippen molar-refractivity contribution in [2.45, 2.75) is 0 Å². The molecule has 50 valence electrons. The van der Waals surface area contributed by atoms with E-state index < -0.39 is 0 Å². The van der Waals surface area contributed by atoms with Gasteiger partial charge in [-0.15, -0.1) is 5.10 Å². The highest BCUT2D eigenvalue weighted by Crippen LogP contribution is 2.14. The average molecular weight is 135 g/mol. The molecule has 0 aliphatic carbocycles. The maximum atomic E-state index is 4.74. The molecular weight excluding hydrogens is 130 g/mol. The minimum absolute atomic E-state index is 0.592. The van der Waals surface area contributed by atoms with E-state index in [9.17, 15) is 0 Å². The number of aromatic amines is 1. The lowest BCUT2D eigenvalue weighted by Gasteiger charge is -1.74. The number of aromatic nitrogens is 3. The van der Waals surface area contributed by atoms with Crippen molar-refractivity contribution < 1.29 is 4.52 Å². The van der Waals surface area contributed by atoms with Gasteiger partial charge in [-0.05, 0) is 0 Å². The normalized spacial score (nSPS) is 10.4. The molecule has 10 heavy (non-hydrogen) atoms. The molecule has 2 rings (SSSR count). The number of hydrogen-bond acceptors (Lipinski definition) is 3. The molecule has 0 atom stereocenters. The Morgan fingerprint density at radius 1 is 1.70 bits per heavy atom. The molecule has 0 saturated carbocycles.